The molecular formula is C22H25Br2N5S. The average Bonchev–Trinajstić information content (AvgIpc) is 3.14. The Kier molecular flexibility index (Phi) is 6.77. The molecule has 158 valence electrons. The van der Waals surface area contributed by atoms with Crippen LogP contribution in [0, 0.1) is 0 Å². The van der Waals surface area contributed by atoms with E-state index in [1.807, 2.05) is 24.3 Å². The molecule has 3 aromatic rings. The zero-order valence-electron chi connectivity index (χ0n) is 17.0. The SMILES string of the molecule is CC(C)N1CCC(c2c[nH]c3ccc(NC(=S)Nc4cccc(Br)c4Br)nc23)CC1. The molecule has 5 nitrogen and oxygen atoms in total. The summed E-state index contributed by atoms with van der Waals surface area (Å²) < 4.78 is 1.90. The van der Waals surface area contributed by atoms with Gasteiger partial charge in [0.25, 0.3) is 0 Å². The monoisotopic (exact) mass is 549 g/mol. The van der Waals surface area contributed by atoms with Crippen molar-refractivity contribution in [2.45, 2.75) is 38.6 Å². The predicted molar refractivity (Wildman–Crippen MR) is 136 cm³/mol. The fourth-order valence-electron chi connectivity index (χ4n) is 4.00. The molecule has 1 aromatic carbocycles. The number of likely N-dealkylation sites (tertiary alicyclic amines) is 1. The zero-order chi connectivity index (χ0) is 21.3. The number of nitrogens with zero attached hydrogens (tertiary/aromatic N) is 2. The summed E-state index contributed by atoms with van der Waals surface area (Å²) in [7, 11) is 0. The van der Waals surface area contributed by atoms with E-state index in [1.165, 1.54) is 18.4 Å². The number of hydrogen-bond acceptors (Lipinski definition) is 3. The van der Waals surface area contributed by atoms with E-state index in [-0.39, 0.29) is 0 Å². The van der Waals surface area contributed by atoms with Crippen molar-refractivity contribution in [1.82, 2.24) is 14.9 Å². The summed E-state index contributed by atoms with van der Waals surface area (Å²) in [6.07, 6.45) is 4.47. The van der Waals surface area contributed by atoms with Crippen molar-refractivity contribution in [3.05, 3.63) is 51.0 Å². The summed E-state index contributed by atoms with van der Waals surface area (Å²) in [6.45, 7) is 6.83. The largest absolute Gasteiger partial charge is 0.360 e. The number of piperidine rings is 1. The molecule has 1 aliphatic rings. The number of nitrogens with one attached hydrogen (secondary N) is 3. The Balaban J connectivity index is 1.49. The van der Waals surface area contributed by atoms with Crippen molar-refractivity contribution < 1.29 is 0 Å². The Morgan fingerprint density at radius 3 is 2.67 bits per heavy atom. The summed E-state index contributed by atoms with van der Waals surface area (Å²) in [6, 6.07) is 10.5. The molecule has 3 N–H and O–H groups in total. The molecule has 1 saturated heterocycles. The van der Waals surface area contributed by atoms with Gasteiger partial charge in [-0.15, -0.1) is 0 Å². The summed E-state index contributed by atoms with van der Waals surface area (Å²) in [5.74, 6) is 1.28. The molecule has 0 aliphatic carbocycles. The van der Waals surface area contributed by atoms with Crippen LogP contribution in [0.15, 0.2) is 45.5 Å². The number of hydrogen-bond donors (Lipinski definition) is 3. The Labute approximate surface area is 199 Å². The number of thiocarbonyl (C=S) groups is 1. The average molecular weight is 551 g/mol. The molecule has 0 saturated carbocycles. The van der Waals surface area contributed by atoms with Crippen molar-refractivity contribution in [1.29, 1.82) is 0 Å². The lowest BCUT2D eigenvalue weighted by atomic mass is 9.90. The van der Waals surface area contributed by atoms with Crippen molar-refractivity contribution in [2.24, 2.45) is 0 Å². The van der Waals surface area contributed by atoms with Crippen LogP contribution >= 0.6 is 44.1 Å². The fourth-order valence-corrected chi connectivity index (χ4v) is 4.94. The van der Waals surface area contributed by atoms with Crippen LogP contribution in [0.4, 0.5) is 11.5 Å². The minimum Gasteiger partial charge on any atom is -0.360 e. The fraction of sp³-hybridized carbons (Fsp3) is 0.364. The number of H-pyrrole nitrogens is 1. The normalized spacial score (nSPS) is 15.6. The molecule has 2 aromatic heterocycles. The molecule has 8 heteroatoms. The third kappa shape index (κ3) is 4.72. The van der Waals surface area contributed by atoms with Gasteiger partial charge in [-0.25, -0.2) is 4.98 Å². The Morgan fingerprint density at radius 1 is 1.17 bits per heavy atom. The van der Waals surface area contributed by atoms with Crippen LogP contribution in [-0.4, -0.2) is 39.1 Å². The van der Waals surface area contributed by atoms with E-state index in [0.717, 1.165) is 44.6 Å². The highest BCUT2D eigenvalue weighted by molar-refractivity contribution is 9.13. The molecule has 0 spiro atoms. The van der Waals surface area contributed by atoms with Gasteiger partial charge in [0.05, 0.1) is 21.2 Å². The molecule has 0 bridgehead atoms. The van der Waals surface area contributed by atoms with Crippen LogP contribution in [-0.2, 0) is 0 Å². The van der Waals surface area contributed by atoms with Gasteiger partial charge in [-0.2, -0.15) is 0 Å². The quantitative estimate of drug-likeness (QED) is 0.324. The zero-order valence-corrected chi connectivity index (χ0v) is 21.0. The third-order valence-corrected chi connectivity index (χ3v) is 7.94. The first-order valence-corrected chi connectivity index (χ1v) is 12.2. The maximum Gasteiger partial charge on any atom is 0.176 e. The van der Waals surface area contributed by atoms with Crippen molar-refractivity contribution in [3.63, 3.8) is 0 Å². The molecule has 0 unspecified atom stereocenters. The predicted octanol–water partition coefficient (Wildman–Crippen LogP) is 6.48. The van der Waals surface area contributed by atoms with Crippen LogP contribution < -0.4 is 10.6 Å². The topological polar surface area (TPSA) is 56.0 Å². The molecule has 3 heterocycles. The minimum absolute atomic E-state index is 0.503. The lowest BCUT2D eigenvalue weighted by Gasteiger charge is -2.34. The van der Waals surface area contributed by atoms with Crippen LogP contribution in [0.5, 0.6) is 0 Å². The first kappa shape index (κ1) is 21.7. The van der Waals surface area contributed by atoms with E-state index in [4.69, 9.17) is 17.2 Å². The van der Waals surface area contributed by atoms with Crippen molar-refractivity contribution >= 4 is 71.7 Å². The number of pyridine rings is 1. The van der Waals surface area contributed by atoms with Gasteiger partial charge in [0.1, 0.15) is 5.82 Å². The lowest BCUT2D eigenvalue weighted by molar-refractivity contribution is 0.172. The molecule has 30 heavy (non-hydrogen) atoms. The standard InChI is InChI=1S/C22H25Br2N5S/c1-13(2)29-10-8-14(9-11-29)15-12-25-18-6-7-19(27-21(15)18)28-22(30)26-17-5-3-4-16(23)20(17)24/h3-7,12-14,25H,8-11H2,1-2H3,(H2,26,27,28,30). The highest BCUT2D eigenvalue weighted by atomic mass is 79.9. The van der Waals surface area contributed by atoms with Crippen molar-refractivity contribution in [3.8, 4) is 0 Å². The van der Waals surface area contributed by atoms with Crippen molar-refractivity contribution in [2.75, 3.05) is 23.7 Å². The number of rotatable bonds is 4. The van der Waals surface area contributed by atoms with E-state index in [1.54, 1.807) is 0 Å². The maximum atomic E-state index is 5.51. The summed E-state index contributed by atoms with van der Waals surface area (Å²) >= 11 is 12.6. The van der Waals surface area contributed by atoms with Gasteiger partial charge in [-0.1, -0.05) is 6.07 Å². The minimum atomic E-state index is 0.503. The number of halogens is 2. The van der Waals surface area contributed by atoms with Gasteiger partial charge in [0.2, 0.25) is 0 Å². The second-order valence-electron chi connectivity index (χ2n) is 7.92. The number of fused-ring (bicyclic) bond motifs is 1. The molecule has 0 amide bonds. The lowest BCUT2D eigenvalue weighted by Crippen LogP contribution is -2.37. The van der Waals surface area contributed by atoms with Crippen LogP contribution in [0.2, 0.25) is 0 Å². The van der Waals surface area contributed by atoms with Crippen LogP contribution in [0.1, 0.15) is 38.2 Å². The van der Waals surface area contributed by atoms with Crippen LogP contribution in [0.25, 0.3) is 11.0 Å². The summed E-state index contributed by atoms with van der Waals surface area (Å²) in [5, 5.41) is 6.95. The highest BCUT2D eigenvalue weighted by Crippen LogP contribution is 2.34. The smallest absolute Gasteiger partial charge is 0.176 e. The number of aromatic amines is 1. The molecule has 1 aliphatic heterocycles. The number of anilines is 2. The van der Waals surface area contributed by atoms with Gasteiger partial charge in [0.15, 0.2) is 5.11 Å². The Bertz CT molecular complexity index is 1060. The third-order valence-electron chi connectivity index (χ3n) is 5.69. The van der Waals surface area contributed by atoms with E-state index in [9.17, 15) is 0 Å². The van der Waals surface area contributed by atoms with Gasteiger partial charge in [-0.05, 0) is 120 Å². The summed E-state index contributed by atoms with van der Waals surface area (Å²) in [4.78, 5) is 10.8. The Hall–Kier alpha value is -1.48. The van der Waals surface area contributed by atoms with Gasteiger partial charge in [-0.3, -0.25) is 0 Å². The molecule has 1 fully saturated rings. The van der Waals surface area contributed by atoms with E-state index in [0.29, 0.717) is 17.1 Å². The number of benzene rings is 1. The first-order chi connectivity index (χ1) is 14.4. The second-order valence-corrected chi connectivity index (χ2v) is 9.98. The van der Waals surface area contributed by atoms with Gasteiger partial charge in [0, 0.05) is 16.7 Å². The molecule has 0 atom stereocenters. The highest BCUT2D eigenvalue weighted by Gasteiger charge is 2.24. The molecule has 0 radical (unpaired) electrons. The maximum absolute atomic E-state index is 5.51. The molecule has 4 rings (SSSR count). The van der Waals surface area contributed by atoms with Crippen LogP contribution in [0.3, 0.4) is 0 Å². The second kappa shape index (κ2) is 9.34. The van der Waals surface area contributed by atoms with E-state index < -0.39 is 0 Å². The van der Waals surface area contributed by atoms with E-state index in [2.05, 4.69) is 78.5 Å². The summed E-state index contributed by atoms with van der Waals surface area (Å²) in [5.41, 5.74) is 4.30. The number of aromatic nitrogens is 2. The van der Waals surface area contributed by atoms with Gasteiger partial charge >= 0.3 is 0 Å². The first-order valence-electron chi connectivity index (χ1n) is 10.2. The van der Waals surface area contributed by atoms with Gasteiger partial charge < -0.3 is 20.5 Å². The molecular weight excluding hydrogens is 526 g/mol. The van der Waals surface area contributed by atoms with E-state index >= 15 is 0 Å². The Morgan fingerprint density at radius 2 is 1.93 bits per heavy atom.